The Bertz CT molecular complexity index is 805. The number of nitrogens with one attached hydrogen (secondary N) is 1. The van der Waals surface area contributed by atoms with Gasteiger partial charge in [-0.2, -0.15) is 0 Å². The zero-order chi connectivity index (χ0) is 18.4. The molecule has 5 heteroatoms. The SMILES string of the molecule is COc1cc(OC)cc(C(=O)N[C@@H](c2ccccc2)c2cccnc2)c1. The summed E-state index contributed by atoms with van der Waals surface area (Å²) in [7, 11) is 3.11. The van der Waals surface area contributed by atoms with Crippen molar-refractivity contribution in [3.8, 4) is 11.5 Å². The number of aromatic nitrogens is 1. The van der Waals surface area contributed by atoms with Crippen molar-refractivity contribution in [1.82, 2.24) is 10.3 Å². The predicted molar refractivity (Wildman–Crippen MR) is 99.5 cm³/mol. The lowest BCUT2D eigenvalue weighted by Gasteiger charge is -2.20. The number of carbonyl (C=O) groups excluding carboxylic acids is 1. The average Bonchev–Trinajstić information content (AvgIpc) is 2.72. The number of ether oxygens (including phenoxy) is 2. The number of hydrogen-bond acceptors (Lipinski definition) is 4. The van der Waals surface area contributed by atoms with Gasteiger partial charge >= 0.3 is 0 Å². The van der Waals surface area contributed by atoms with Crippen LogP contribution >= 0.6 is 0 Å². The molecular weight excluding hydrogens is 328 g/mol. The summed E-state index contributed by atoms with van der Waals surface area (Å²) in [4.78, 5) is 17.1. The summed E-state index contributed by atoms with van der Waals surface area (Å²) in [6.45, 7) is 0. The molecule has 1 atom stereocenters. The number of benzene rings is 2. The highest BCUT2D eigenvalue weighted by Gasteiger charge is 2.19. The van der Waals surface area contributed by atoms with Crippen LogP contribution in [0.15, 0.2) is 73.1 Å². The summed E-state index contributed by atoms with van der Waals surface area (Å²) >= 11 is 0. The Balaban J connectivity index is 1.93. The molecule has 1 heterocycles. The van der Waals surface area contributed by atoms with Crippen molar-refractivity contribution in [3.05, 3.63) is 89.7 Å². The van der Waals surface area contributed by atoms with Crippen LogP contribution in [0.3, 0.4) is 0 Å². The first kappa shape index (κ1) is 17.5. The minimum atomic E-state index is -0.311. The summed E-state index contributed by atoms with van der Waals surface area (Å²) in [5.41, 5.74) is 2.34. The van der Waals surface area contributed by atoms with E-state index in [4.69, 9.17) is 9.47 Å². The fourth-order valence-corrected chi connectivity index (χ4v) is 2.70. The van der Waals surface area contributed by atoms with Crippen molar-refractivity contribution in [1.29, 1.82) is 0 Å². The van der Waals surface area contributed by atoms with E-state index < -0.39 is 0 Å². The van der Waals surface area contributed by atoms with E-state index in [1.165, 1.54) is 0 Å². The van der Waals surface area contributed by atoms with E-state index in [1.807, 2.05) is 42.5 Å². The quantitative estimate of drug-likeness (QED) is 0.739. The first-order chi connectivity index (χ1) is 12.7. The molecule has 5 nitrogen and oxygen atoms in total. The third-order valence-electron chi connectivity index (χ3n) is 4.04. The molecule has 3 rings (SSSR count). The van der Waals surface area contributed by atoms with Gasteiger partial charge in [0.25, 0.3) is 5.91 Å². The van der Waals surface area contributed by atoms with Crippen LogP contribution in [0.2, 0.25) is 0 Å². The Morgan fingerprint density at radius 3 is 2.15 bits per heavy atom. The molecule has 132 valence electrons. The summed E-state index contributed by atoms with van der Waals surface area (Å²) < 4.78 is 10.5. The largest absolute Gasteiger partial charge is 0.497 e. The standard InChI is InChI=1S/C21H20N2O3/c1-25-18-11-17(12-19(13-18)26-2)21(24)23-20(15-7-4-3-5-8-15)16-9-6-10-22-14-16/h3-14,20H,1-2H3,(H,23,24)/t20-/m0/s1. The molecular formula is C21H20N2O3. The van der Waals surface area contributed by atoms with Crippen molar-refractivity contribution in [2.24, 2.45) is 0 Å². The molecule has 0 bridgehead atoms. The molecule has 1 amide bonds. The molecule has 1 aromatic heterocycles. The second-order valence-corrected chi connectivity index (χ2v) is 5.70. The molecule has 2 aromatic carbocycles. The number of rotatable bonds is 6. The zero-order valence-corrected chi connectivity index (χ0v) is 14.7. The van der Waals surface area contributed by atoms with Crippen LogP contribution in [0.1, 0.15) is 27.5 Å². The van der Waals surface area contributed by atoms with Gasteiger partial charge in [0.1, 0.15) is 11.5 Å². The van der Waals surface area contributed by atoms with Crippen LogP contribution in [0.25, 0.3) is 0 Å². The highest BCUT2D eigenvalue weighted by Crippen LogP contribution is 2.25. The summed E-state index contributed by atoms with van der Waals surface area (Å²) in [5.74, 6) is 0.902. The van der Waals surface area contributed by atoms with Gasteiger partial charge in [-0.25, -0.2) is 0 Å². The van der Waals surface area contributed by atoms with Crippen molar-refractivity contribution in [3.63, 3.8) is 0 Å². The van der Waals surface area contributed by atoms with E-state index in [2.05, 4.69) is 10.3 Å². The second kappa shape index (κ2) is 8.16. The minimum Gasteiger partial charge on any atom is -0.497 e. The molecule has 3 aromatic rings. The maximum absolute atomic E-state index is 12.9. The van der Waals surface area contributed by atoms with Crippen LogP contribution in [0, 0.1) is 0 Å². The smallest absolute Gasteiger partial charge is 0.252 e. The van der Waals surface area contributed by atoms with Gasteiger partial charge in [-0.1, -0.05) is 36.4 Å². The number of hydrogen-bond donors (Lipinski definition) is 1. The van der Waals surface area contributed by atoms with E-state index in [1.54, 1.807) is 44.8 Å². The van der Waals surface area contributed by atoms with Crippen molar-refractivity contribution in [2.75, 3.05) is 14.2 Å². The number of pyridine rings is 1. The van der Waals surface area contributed by atoms with Gasteiger partial charge in [-0.05, 0) is 29.3 Å². The topological polar surface area (TPSA) is 60.5 Å². The fourth-order valence-electron chi connectivity index (χ4n) is 2.70. The molecule has 0 aliphatic carbocycles. The van der Waals surface area contributed by atoms with Gasteiger partial charge in [-0.15, -0.1) is 0 Å². The molecule has 1 N–H and O–H groups in total. The van der Waals surface area contributed by atoms with Gasteiger partial charge in [-0.3, -0.25) is 9.78 Å². The first-order valence-corrected chi connectivity index (χ1v) is 8.20. The van der Waals surface area contributed by atoms with Crippen LogP contribution in [-0.2, 0) is 0 Å². The van der Waals surface area contributed by atoms with E-state index in [0.29, 0.717) is 17.1 Å². The predicted octanol–water partition coefficient (Wildman–Crippen LogP) is 3.62. The van der Waals surface area contributed by atoms with E-state index >= 15 is 0 Å². The van der Waals surface area contributed by atoms with Crippen molar-refractivity contribution < 1.29 is 14.3 Å². The Labute approximate surface area is 152 Å². The first-order valence-electron chi connectivity index (χ1n) is 8.20. The lowest BCUT2D eigenvalue weighted by atomic mass is 9.99. The lowest BCUT2D eigenvalue weighted by molar-refractivity contribution is 0.0942. The van der Waals surface area contributed by atoms with E-state index in [-0.39, 0.29) is 11.9 Å². The van der Waals surface area contributed by atoms with Crippen molar-refractivity contribution in [2.45, 2.75) is 6.04 Å². The van der Waals surface area contributed by atoms with Crippen LogP contribution in [0.5, 0.6) is 11.5 Å². The molecule has 0 radical (unpaired) electrons. The molecule has 0 saturated carbocycles. The third kappa shape index (κ3) is 4.00. The maximum atomic E-state index is 12.9. The second-order valence-electron chi connectivity index (χ2n) is 5.70. The van der Waals surface area contributed by atoms with Crippen LogP contribution in [0.4, 0.5) is 0 Å². The van der Waals surface area contributed by atoms with Gasteiger partial charge in [0.15, 0.2) is 0 Å². The maximum Gasteiger partial charge on any atom is 0.252 e. The molecule has 0 unspecified atom stereocenters. The lowest BCUT2D eigenvalue weighted by Crippen LogP contribution is -2.29. The van der Waals surface area contributed by atoms with Gasteiger partial charge in [0.2, 0.25) is 0 Å². The molecule has 0 aliphatic rings. The Kier molecular flexibility index (Phi) is 5.49. The van der Waals surface area contributed by atoms with Gasteiger partial charge in [0, 0.05) is 24.0 Å². The molecule has 0 aliphatic heterocycles. The monoisotopic (exact) mass is 348 g/mol. The van der Waals surface area contributed by atoms with Gasteiger partial charge in [0.05, 0.1) is 20.3 Å². The summed E-state index contributed by atoms with van der Waals surface area (Å²) in [5, 5.41) is 3.08. The fraction of sp³-hybridized carbons (Fsp3) is 0.143. The highest BCUT2D eigenvalue weighted by molar-refractivity contribution is 5.95. The van der Waals surface area contributed by atoms with Crippen LogP contribution in [-0.4, -0.2) is 25.1 Å². The number of methoxy groups -OCH3 is 2. The normalized spacial score (nSPS) is 11.5. The minimum absolute atomic E-state index is 0.222. The van der Waals surface area contributed by atoms with E-state index in [0.717, 1.165) is 11.1 Å². The molecule has 26 heavy (non-hydrogen) atoms. The number of nitrogens with zero attached hydrogens (tertiary/aromatic N) is 1. The summed E-state index contributed by atoms with van der Waals surface area (Å²) in [6, 6.07) is 18.4. The van der Waals surface area contributed by atoms with Crippen LogP contribution < -0.4 is 14.8 Å². The zero-order valence-electron chi connectivity index (χ0n) is 14.7. The third-order valence-corrected chi connectivity index (χ3v) is 4.04. The highest BCUT2D eigenvalue weighted by atomic mass is 16.5. The average molecular weight is 348 g/mol. The number of amides is 1. The Morgan fingerprint density at radius 2 is 1.58 bits per heavy atom. The Morgan fingerprint density at radius 1 is 0.923 bits per heavy atom. The summed E-state index contributed by atoms with van der Waals surface area (Å²) in [6.07, 6.45) is 3.46. The number of carbonyl (C=O) groups is 1. The molecule has 0 spiro atoms. The van der Waals surface area contributed by atoms with Crippen molar-refractivity contribution >= 4 is 5.91 Å². The Hall–Kier alpha value is -3.34. The molecule has 0 fully saturated rings. The molecule has 0 saturated heterocycles. The van der Waals surface area contributed by atoms with Gasteiger partial charge < -0.3 is 14.8 Å². The van der Waals surface area contributed by atoms with E-state index in [9.17, 15) is 4.79 Å².